The first-order valence-corrected chi connectivity index (χ1v) is 13.3. The van der Waals surface area contributed by atoms with Crippen molar-refractivity contribution in [1.82, 2.24) is 10.0 Å². The molecule has 5 N–H and O–H groups in total. The van der Waals surface area contributed by atoms with Gasteiger partial charge in [-0.25, -0.2) is 19.6 Å². The average molecular weight is 522 g/mol. The highest BCUT2D eigenvalue weighted by atomic mass is 32.2. The molecule has 0 heterocycles. The van der Waals surface area contributed by atoms with E-state index >= 15 is 0 Å². The predicted octanol–water partition coefficient (Wildman–Crippen LogP) is 4.05. The number of unbranched alkanes of at least 4 members (excludes halogenated alkanes) is 1. The Balaban J connectivity index is 1.72. The van der Waals surface area contributed by atoms with Crippen molar-refractivity contribution in [2.24, 2.45) is 10.1 Å². The summed E-state index contributed by atoms with van der Waals surface area (Å²) in [7, 11) is -3.77. The van der Waals surface area contributed by atoms with Crippen molar-refractivity contribution in [2.45, 2.75) is 31.9 Å². The summed E-state index contributed by atoms with van der Waals surface area (Å²) >= 11 is 0. The van der Waals surface area contributed by atoms with Crippen LogP contribution in [-0.2, 0) is 21.6 Å². The second-order valence-electron chi connectivity index (χ2n) is 8.35. The van der Waals surface area contributed by atoms with Gasteiger partial charge in [0.2, 0.25) is 0 Å². The van der Waals surface area contributed by atoms with Gasteiger partial charge in [-0.1, -0.05) is 73.3 Å². The minimum atomic E-state index is -3.77. The van der Waals surface area contributed by atoms with E-state index in [1.807, 2.05) is 72.8 Å². The normalized spacial score (nSPS) is 12.6. The molecular weight excluding hydrogens is 490 g/mol. The maximum atomic E-state index is 12.6. The highest BCUT2D eigenvalue weighted by Crippen LogP contribution is 2.17. The van der Waals surface area contributed by atoms with Crippen molar-refractivity contribution in [3.63, 3.8) is 0 Å². The van der Waals surface area contributed by atoms with Crippen LogP contribution in [0.3, 0.4) is 0 Å². The summed E-state index contributed by atoms with van der Waals surface area (Å²) in [6, 6.07) is 22.2. The molecule has 37 heavy (non-hydrogen) atoms. The molecule has 0 aliphatic heterocycles. The molecular formula is C27H31N5O4S. The van der Waals surface area contributed by atoms with Gasteiger partial charge in [0.25, 0.3) is 10.2 Å². The standard InChI is InChI=1S/C27H31N5O4S/c1-2-24(31-26(28)23-16-15-21-12-6-7-13-22(21)18-23)25(14-8-9-17-30-37(29,34)35)32-27(33)36-19-20-10-4-3-5-11-20/h2-7,10-13,15-16,18,25,28,30H,1,8-9,14,17,19H2,(H,32,33)(H2,29,34,35)/b28-26?,31-24+/t25-/m0/s1. The van der Waals surface area contributed by atoms with Crippen LogP contribution in [0, 0.1) is 5.41 Å². The molecule has 0 aliphatic rings. The molecule has 3 rings (SSSR count). The van der Waals surface area contributed by atoms with Gasteiger partial charge in [0, 0.05) is 12.1 Å². The average Bonchev–Trinajstić information content (AvgIpc) is 2.89. The quantitative estimate of drug-likeness (QED) is 0.162. The Labute approximate surface area is 217 Å². The predicted molar refractivity (Wildman–Crippen MR) is 147 cm³/mol. The van der Waals surface area contributed by atoms with Crippen LogP contribution >= 0.6 is 0 Å². The molecule has 0 saturated heterocycles. The van der Waals surface area contributed by atoms with Gasteiger partial charge >= 0.3 is 6.09 Å². The van der Waals surface area contributed by atoms with Crippen molar-refractivity contribution in [1.29, 1.82) is 5.41 Å². The lowest BCUT2D eigenvalue weighted by atomic mass is 10.0. The lowest BCUT2D eigenvalue weighted by molar-refractivity contribution is 0.137. The first-order valence-electron chi connectivity index (χ1n) is 11.8. The van der Waals surface area contributed by atoms with E-state index in [9.17, 15) is 13.2 Å². The molecule has 3 aromatic rings. The van der Waals surface area contributed by atoms with Crippen LogP contribution in [0.1, 0.15) is 30.4 Å². The van der Waals surface area contributed by atoms with Crippen molar-refractivity contribution < 1.29 is 17.9 Å². The summed E-state index contributed by atoms with van der Waals surface area (Å²) in [6.07, 6.45) is 2.31. The third-order valence-corrected chi connectivity index (χ3v) is 6.16. The zero-order chi connectivity index (χ0) is 26.7. The molecule has 0 radical (unpaired) electrons. The van der Waals surface area contributed by atoms with Gasteiger partial charge in [-0.15, -0.1) is 0 Å². The fraction of sp³-hybridized carbons (Fsp3) is 0.222. The molecule has 0 bridgehead atoms. The first kappa shape index (κ1) is 27.7. The number of benzene rings is 3. The number of rotatable bonds is 12. The Kier molecular flexibility index (Phi) is 10.1. The minimum Gasteiger partial charge on any atom is -0.445 e. The SMILES string of the molecule is C=C/C(=N\C(=N)c1ccc2ccccc2c1)[C@H](CCCCNS(N)(=O)=O)NC(=O)OCc1ccccc1. The van der Waals surface area contributed by atoms with Crippen molar-refractivity contribution >= 4 is 38.6 Å². The van der Waals surface area contributed by atoms with Crippen LogP contribution in [0.15, 0.2) is 90.4 Å². The number of fused-ring (bicyclic) bond motifs is 1. The zero-order valence-electron chi connectivity index (χ0n) is 20.4. The lowest BCUT2D eigenvalue weighted by Gasteiger charge is -2.19. The first-order chi connectivity index (χ1) is 17.7. The number of carbonyl (C=O) groups excluding carboxylic acids is 1. The van der Waals surface area contributed by atoms with Crippen LogP contribution in [0.4, 0.5) is 4.79 Å². The lowest BCUT2D eigenvalue weighted by Crippen LogP contribution is -2.41. The van der Waals surface area contributed by atoms with E-state index in [-0.39, 0.29) is 19.0 Å². The number of ether oxygens (including phenoxy) is 1. The Morgan fingerprint density at radius 1 is 1.05 bits per heavy atom. The monoisotopic (exact) mass is 521 g/mol. The molecule has 3 aromatic carbocycles. The Hall–Kier alpha value is -3.86. The summed E-state index contributed by atoms with van der Waals surface area (Å²) < 4.78 is 29.8. The molecule has 0 fully saturated rings. The zero-order valence-corrected chi connectivity index (χ0v) is 21.2. The van der Waals surface area contributed by atoms with E-state index in [1.165, 1.54) is 6.08 Å². The molecule has 0 saturated carbocycles. The summed E-state index contributed by atoms with van der Waals surface area (Å²) in [6.45, 7) is 4.09. The number of aliphatic imine (C=N–C) groups is 1. The number of amides is 1. The number of hydrogen-bond donors (Lipinski definition) is 4. The van der Waals surface area contributed by atoms with Gasteiger partial charge in [0.1, 0.15) is 6.61 Å². The maximum absolute atomic E-state index is 12.6. The van der Waals surface area contributed by atoms with Gasteiger partial charge in [-0.2, -0.15) is 8.42 Å². The molecule has 0 aliphatic carbocycles. The second kappa shape index (κ2) is 13.4. The van der Waals surface area contributed by atoms with Gasteiger partial charge in [-0.05, 0) is 47.7 Å². The highest BCUT2D eigenvalue weighted by Gasteiger charge is 2.19. The number of nitrogens with zero attached hydrogens (tertiary/aromatic N) is 1. The summed E-state index contributed by atoms with van der Waals surface area (Å²) in [4.78, 5) is 17.0. The smallest absolute Gasteiger partial charge is 0.408 e. The molecule has 0 aromatic heterocycles. The molecule has 194 valence electrons. The van der Waals surface area contributed by atoms with Crippen molar-refractivity contribution in [2.75, 3.05) is 6.54 Å². The van der Waals surface area contributed by atoms with E-state index in [0.29, 0.717) is 30.5 Å². The molecule has 10 heteroatoms. The molecule has 0 spiro atoms. The van der Waals surface area contributed by atoms with Crippen LogP contribution in [-0.4, -0.2) is 38.6 Å². The number of amidine groups is 1. The number of alkyl carbamates (subject to hydrolysis) is 1. The Bertz CT molecular complexity index is 1370. The maximum Gasteiger partial charge on any atom is 0.408 e. The second-order valence-corrected chi connectivity index (χ2v) is 9.72. The van der Waals surface area contributed by atoms with Crippen molar-refractivity contribution in [3.05, 3.63) is 96.6 Å². The van der Waals surface area contributed by atoms with Gasteiger partial charge in [0.15, 0.2) is 5.84 Å². The van der Waals surface area contributed by atoms with Crippen LogP contribution < -0.4 is 15.2 Å². The van der Waals surface area contributed by atoms with E-state index < -0.39 is 22.3 Å². The molecule has 0 unspecified atom stereocenters. The number of nitrogens with one attached hydrogen (secondary N) is 3. The van der Waals surface area contributed by atoms with E-state index in [4.69, 9.17) is 15.3 Å². The number of hydrogen-bond acceptors (Lipinski definition) is 5. The summed E-state index contributed by atoms with van der Waals surface area (Å²) in [5.74, 6) is 0.0287. The van der Waals surface area contributed by atoms with Crippen molar-refractivity contribution in [3.8, 4) is 0 Å². The van der Waals surface area contributed by atoms with Crippen LogP contribution in [0.25, 0.3) is 10.8 Å². The largest absolute Gasteiger partial charge is 0.445 e. The summed E-state index contributed by atoms with van der Waals surface area (Å²) in [5, 5.41) is 18.4. The molecule has 1 amide bonds. The molecule has 9 nitrogen and oxygen atoms in total. The Morgan fingerprint density at radius 3 is 2.46 bits per heavy atom. The fourth-order valence-corrected chi connectivity index (χ4v) is 4.11. The van der Waals surface area contributed by atoms with Crippen LogP contribution in [0.2, 0.25) is 0 Å². The topological polar surface area (TPSA) is 147 Å². The van der Waals surface area contributed by atoms with E-state index in [2.05, 4.69) is 21.6 Å². The van der Waals surface area contributed by atoms with Gasteiger partial charge in [-0.3, -0.25) is 5.41 Å². The van der Waals surface area contributed by atoms with E-state index in [0.717, 1.165) is 16.3 Å². The highest BCUT2D eigenvalue weighted by molar-refractivity contribution is 7.87. The minimum absolute atomic E-state index is 0.0287. The van der Waals surface area contributed by atoms with E-state index in [1.54, 1.807) is 0 Å². The molecule has 1 atom stereocenters. The fourth-order valence-electron chi connectivity index (χ4n) is 3.69. The number of nitrogens with two attached hydrogens (primary N) is 1. The number of carbonyl (C=O) groups is 1. The van der Waals surface area contributed by atoms with Gasteiger partial charge in [0.05, 0.1) is 11.8 Å². The van der Waals surface area contributed by atoms with Crippen LogP contribution in [0.5, 0.6) is 0 Å². The third-order valence-electron chi connectivity index (χ3n) is 5.56. The third kappa shape index (κ3) is 9.26. The Morgan fingerprint density at radius 2 is 1.76 bits per heavy atom. The summed E-state index contributed by atoms with van der Waals surface area (Å²) in [5.41, 5.74) is 1.87. The van der Waals surface area contributed by atoms with Gasteiger partial charge < -0.3 is 10.1 Å².